The number of aromatic nitrogens is 1. The lowest BCUT2D eigenvalue weighted by Gasteiger charge is -2.43. The van der Waals surface area contributed by atoms with Gasteiger partial charge in [-0.3, -0.25) is 0 Å². The van der Waals surface area contributed by atoms with Gasteiger partial charge in [0.25, 0.3) is 0 Å². The number of hydrogen-bond donors (Lipinski definition) is 0. The van der Waals surface area contributed by atoms with E-state index in [9.17, 15) is 0 Å². The van der Waals surface area contributed by atoms with Crippen LogP contribution in [0.15, 0.2) is 157 Å². The highest BCUT2D eigenvalue weighted by molar-refractivity contribution is 8.01. The summed E-state index contributed by atoms with van der Waals surface area (Å²) in [6.07, 6.45) is 34.3. The van der Waals surface area contributed by atoms with E-state index in [4.69, 9.17) is 0 Å². The number of rotatable bonds is 5. The summed E-state index contributed by atoms with van der Waals surface area (Å²) in [7, 11) is 0. The van der Waals surface area contributed by atoms with E-state index in [1.165, 1.54) is 66.9 Å². The molecule has 52 heavy (non-hydrogen) atoms. The fraction of sp³-hybridized carbons (Fsp3) is 0.265. The molecule has 2 nitrogen and oxygen atoms in total. The summed E-state index contributed by atoms with van der Waals surface area (Å²) in [6, 6.07) is 24.7. The Labute approximate surface area is 312 Å². The minimum absolute atomic E-state index is 0.348. The molecule has 10 rings (SSSR count). The minimum atomic E-state index is 0.348. The van der Waals surface area contributed by atoms with Crippen LogP contribution in [-0.2, 0) is 0 Å². The Kier molecular flexibility index (Phi) is 7.83. The average Bonchev–Trinajstić information content (AvgIpc) is 3.72. The van der Waals surface area contributed by atoms with Gasteiger partial charge in [-0.25, -0.2) is 0 Å². The zero-order chi connectivity index (χ0) is 34.9. The van der Waals surface area contributed by atoms with Crippen LogP contribution in [0.25, 0.3) is 39.0 Å². The fourth-order valence-corrected chi connectivity index (χ4v) is 11.6. The van der Waals surface area contributed by atoms with Crippen molar-refractivity contribution >= 4 is 50.8 Å². The van der Waals surface area contributed by atoms with Crippen LogP contribution < -0.4 is 0 Å². The van der Waals surface area contributed by atoms with Crippen molar-refractivity contribution in [2.24, 2.45) is 23.7 Å². The van der Waals surface area contributed by atoms with Gasteiger partial charge in [-0.15, -0.1) is 11.8 Å². The zero-order valence-corrected chi connectivity index (χ0v) is 31.1. The van der Waals surface area contributed by atoms with E-state index in [0.717, 1.165) is 19.3 Å². The second-order valence-corrected chi connectivity index (χ2v) is 17.1. The summed E-state index contributed by atoms with van der Waals surface area (Å²) >= 11 is 2.14. The lowest BCUT2D eigenvalue weighted by atomic mass is 9.78. The molecule has 4 aromatic rings. The van der Waals surface area contributed by atoms with Crippen LogP contribution in [0.5, 0.6) is 0 Å². The minimum Gasteiger partial charge on any atom is -0.321 e. The Morgan fingerprint density at radius 1 is 0.692 bits per heavy atom. The molecule has 258 valence electrons. The lowest BCUT2D eigenvalue weighted by molar-refractivity contribution is 0.342. The van der Waals surface area contributed by atoms with Crippen LogP contribution in [0.1, 0.15) is 62.8 Å². The van der Waals surface area contributed by atoms with Crippen molar-refractivity contribution < 1.29 is 0 Å². The quantitative estimate of drug-likeness (QED) is 0.205. The first kappa shape index (κ1) is 32.0. The summed E-state index contributed by atoms with van der Waals surface area (Å²) in [5.74, 6) is 2.22. The van der Waals surface area contributed by atoms with Crippen LogP contribution in [0, 0.1) is 23.7 Å². The van der Waals surface area contributed by atoms with E-state index in [1.54, 1.807) is 0 Å². The van der Waals surface area contributed by atoms with Crippen molar-refractivity contribution in [2.45, 2.75) is 56.5 Å². The molecule has 0 amide bonds. The standard InChI is InChI=1S/C49H46N2S/c1-31-12-10-18-44-48(31)40-15-6-8-17-43(40)51(44)38-25-27-42(33(3)29-38)50(45-19-11-21-47-49(45)41-16-7-9-20-46(41)52-47)37-24-26-39(32(2)28-37)36-23-22-34-13-4-5-14-35(34)30-36/h4-11,13-27,30-33,41,46-47,49H,12,28-29H2,1-3H3. The number of thioether (sulfide) groups is 1. The first-order valence-electron chi connectivity index (χ1n) is 19.3. The van der Waals surface area contributed by atoms with Gasteiger partial charge in [0, 0.05) is 62.1 Å². The molecule has 0 spiro atoms. The molecule has 0 saturated carbocycles. The molecule has 3 aromatic carbocycles. The van der Waals surface area contributed by atoms with E-state index < -0.39 is 0 Å². The summed E-state index contributed by atoms with van der Waals surface area (Å²) < 4.78 is 2.57. The molecular formula is C49H46N2S. The van der Waals surface area contributed by atoms with Crippen LogP contribution in [0.4, 0.5) is 0 Å². The SMILES string of the molecule is CC1CC(N(C2=CC=C(n3c4c(c5ccccc53)C(C)CC=C4)CC2C)C2=CC=CC3SC4C=CC=CC4C23)=CC=C1c1ccc2ccccc2c1. The smallest absolute Gasteiger partial charge is 0.0534 e. The third-order valence-electron chi connectivity index (χ3n) is 12.5. The van der Waals surface area contributed by atoms with Gasteiger partial charge in [-0.2, -0.15) is 0 Å². The molecule has 2 heterocycles. The summed E-state index contributed by atoms with van der Waals surface area (Å²) in [4.78, 5) is 2.73. The topological polar surface area (TPSA) is 8.17 Å². The molecule has 3 heteroatoms. The molecule has 1 saturated heterocycles. The molecule has 1 fully saturated rings. The second kappa shape index (κ2) is 12.7. The van der Waals surface area contributed by atoms with Crippen molar-refractivity contribution in [2.75, 3.05) is 0 Å². The molecule has 5 aliphatic carbocycles. The van der Waals surface area contributed by atoms with Crippen molar-refractivity contribution in [3.05, 3.63) is 174 Å². The van der Waals surface area contributed by atoms with Gasteiger partial charge >= 0.3 is 0 Å². The highest BCUT2D eigenvalue weighted by Crippen LogP contribution is 2.54. The monoisotopic (exact) mass is 694 g/mol. The highest BCUT2D eigenvalue weighted by atomic mass is 32.2. The van der Waals surface area contributed by atoms with Gasteiger partial charge in [-0.1, -0.05) is 124 Å². The van der Waals surface area contributed by atoms with Gasteiger partial charge < -0.3 is 9.47 Å². The van der Waals surface area contributed by atoms with E-state index in [1.807, 2.05) is 0 Å². The molecule has 0 radical (unpaired) electrons. The zero-order valence-electron chi connectivity index (χ0n) is 30.3. The number of para-hydroxylation sites is 1. The van der Waals surface area contributed by atoms with Crippen LogP contribution in [0.2, 0.25) is 0 Å². The van der Waals surface area contributed by atoms with Crippen LogP contribution in [0.3, 0.4) is 0 Å². The van der Waals surface area contributed by atoms with Crippen LogP contribution in [-0.4, -0.2) is 20.0 Å². The van der Waals surface area contributed by atoms with Gasteiger partial charge in [0.05, 0.1) is 5.52 Å². The number of allylic oxidation sites excluding steroid dienone is 15. The first-order chi connectivity index (χ1) is 25.5. The molecule has 1 aliphatic heterocycles. The number of fused-ring (bicyclic) bond motifs is 7. The molecule has 1 aromatic heterocycles. The van der Waals surface area contributed by atoms with E-state index in [-0.39, 0.29) is 0 Å². The van der Waals surface area contributed by atoms with Gasteiger partial charge in [-0.05, 0) is 101 Å². The molecule has 0 bridgehead atoms. The predicted molar refractivity (Wildman–Crippen MR) is 223 cm³/mol. The molecule has 7 atom stereocenters. The third kappa shape index (κ3) is 5.15. The molecule has 7 unspecified atom stereocenters. The van der Waals surface area contributed by atoms with Crippen LogP contribution >= 0.6 is 11.8 Å². The fourth-order valence-electron chi connectivity index (χ4n) is 9.99. The first-order valence-corrected chi connectivity index (χ1v) is 20.3. The van der Waals surface area contributed by atoms with E-state index in [2.05, 4.69) is 188 Å². The Morgan fingerprint density at radius 2 is 1.52 bits per heavy atom. The normalized spacial score (nSPS) is 28.8. The van der Waals surface area contributed by atoms with Gasteiger partial charge in [0.15, 0.2) is 0 Å². The highest BCUT2D eigenvalue weighted by Gasteiger charge is 2.46. The Hall–Kier alpha value is -4.73. The largest absolute Gasteiger partial charge is 0.321 e. The Balaban J connectivity index is 1.09. The maximum atomic E-state index is 2.73. The summed E-state index contributed by atoms with van der Waals surface area (Å²) in [5, 5.41) is 5.02. The third-order valence-corrected chi connectivity index (χ3v) is 14.0. The molecular weight excluding hydrogens is 649 g/mol. The predicted octanol–water partition coefficient (Wildman–Crippen LogP) is 12.7. The molecule has 6 aliphatic rings. The van der Waals surface area contributed by atoms with Gasteiger partial charge in [0.1, 0.15) is 0 Å². The number of hydrogen-bond acceptors (Lipinski definition) is 2. The maximum absolute atomic E-state index is 2.73. The van der Waals surface area contributed by atoms with Crippen molar-refractivity contribution in [3.63, 3.8) is 0 Å². The second-order valence-electron chi connectivity index (χ2n) is 15.7. The van der Waals surface area contributed by atoms with Crippen molar-refractivity contribution in [1.29, 1.82) is 0 Å². The Bertz CT molecular complexity index is 2400. The average molecular weight is 695 g/mol. The van der Waals surface area contributed by atoms with Crippen molar-refractivity contribution in [1.82, 2.24) is 9.47 Å². The van der Waals surface area contributed by atoms with Gasteiger partial charge in [0.2, 0.25) is 0 Å². The number of benzene rings is 3. The molecule has 0 N–H and O–H groups in total. The van der Waals surface area contributed by atoms with E-state index >= 15 is 0 Å². The van der Waals surface area contributed by atoms with Crippen molar-refractivity contribution in [3.8, 4) is 0 Å². The summed E-state index contributed by atoms with van der Waals surface area (Å²) in [5.41, 5.74) is 12.7. The Morgan fingerprint density at radius 3 is 2.40 bits per heavy atom. The maximum Gasteiger partial charge on any atom is 0.0534 e. The lowest BCUT2D eigenvalue weighted by Crippen LogP contribution is -2.36. The van der Waals surface area contributed by atoms with E-state index in [0.29, 0.717) is 40.1 Å². The summed E-state index contributed by atoms with van der Waals surface area (Å²) in [6.45, 7) is 7.26. The number of nitrogens with zero attached hydrogens (tertiary/aromatic N) is 2.